The number of rotatable bonds is 6. The minimum absolute atomic E-state index is 0. The Morgan fingerprint density at radius 1 is 1.07 bits per heavy atom. The van der Waals surface area contributed by atoms with Crippen LogP contribution in [0.1, 0.15) is 51.0 Å². The fraction of sp³-hybridized carbons (Fsp3) is 0.636. The summed E-state index contributed by atoms with van der Waals surface area (Å²) in [5.74, 6) is 0.758. The second-order valence-corrected chi connectivity index (χ2v) is 8.01. The van der Waals surface area contributed by atoms with Gasteiger partial charge in [0, 0.05) is 37.4 Å². The summed E-state index contributed by atoms with van der Waals surface area (Å²) in [4.78, 5) is 19.2. The van der Waals surface area contributed by atoms with Crippen molar-refractivity contribution >= 4 is 41.5 Å². The molecule has 1 saturated carbocycles. The minimum Gasteiger partial charge on any atom is -0.369 e. The van der Waals surface area contributed by atoms with Crippen LogP contribution in [0.15, 0.2) is 29.3 Å². The molecule has 0 radical (unpaired) electrons. The largest absolute Gasteiger partial charge is 0.369 e. The molecule has 29 heavy (non-hydrogen) atoms. The molecule has 1 aliphatic heterocycles. The monoisotopic (exact) mass is 513 g/mol. The first kappa shape index (κ1) is 23.8. The first-order valence-corrected chi connectivity index (χ1v) is 10.8. The van der Waals surface area contributed by atoms with Crippen LogP contribution in [0.25, 0.3) is 0 Å². The van der Waals surface area contributed by atoms with Crippen LogP contribution in [0, 0.1) is 6.92 Å². The number of halogens is 1. The van der Waals surface area contributed by atoms with Crippen LogP contribution in [-0.2, 0) is 4.79 Å². The molecule has 2 fully saturated rings. The average Bonchev–Trinajstić information content (AvgIpc) is 3.16. The number of benzene rings is 1. The standard InChI is InChI=1S/C22H35N5O.HI/c1-3-23-22(24-15-21(28)25-18-7-5-4-6-8-18)26-19-13-14-27(16-19)20-11-9-17(2)10-12-20;/h9-12,18-19H,3-8,13-16H2,1-2H3,(H,25,28)(H2,23,24,26);1H. The molecule has 0 bridgehead atoms. The summed E-state index contributed by atoms with van der Waals surface area (Å²) >= 11 is 0. The molecule has 162 valence electrons. The number of carbonyl (C=O) groups is 1. The summed E-state index contributed by atoms with van der Waals surface area (Å²) in [5, 5.41) is 9.91. The van der Waals surface area contributed by atoms with E-state index in [1.807, 2.05) is 6.92 Å². The van der Waals surface area contributed by atoms with Gasteiger partial charge >= 0.3 is 0 Å². The number of hydrogen-bond donors (Lipinski definition) is 3. The molecule has 1 amide bonds. The van der Waals surface area contributed by atoms with Crippen molar-refractivity contribution in [2.75, 3.05) is 31.1 Å². The third-order valence-electron chi connectivity index (χ3n) is 5.62. The Kier molecular flexibility index (Phi) is 10.0. The predicted octanol–water partition coefficient (Wildman–Crippen LogP) is 3.20. The van der Waals surface area contributed by atoms with Gasteiger partial charge in [-0.1, -0.05) is 37.0 Å². The number of guanidine groups is 1. The second kappa shape index (κ2) is 12.2. The maximum Gasteiger partial charge on any atom is 0.242 e. The van der Waals surface area contributed by atoms with Crippen molar-refractivity contribution in [1.82, 2.24) is 16.0 Å². The Morgan fingerprint density at radius 2 is 1.79 bits per heavy atom. The van der Waals surface area contributed by atoms with Crippen molar-refractivity contribution in [2.45, 2.75) is 64.5 Å². The lowest BCUT2D eigenvalue weighted by molar-refractivity contribution is -0.120. The summed E-state index contributed by atoms with van der Waals surface area (Å²) < 4.78 is 0. The van der Waals surface area contributed by atoms with Crippen molar-refractivity contribution in [3.05, 3.63) is 29.8 Å². The van der Waals surface area contributed by atoms with Gasteiger partial charge in [-0.05, 0) is 45.2 Å². The van der Waals surface area contributed by atoms with Gasteiger partial charge in [0.2, 0.25) is 5.91 Å². The number of amides is 1. The molecule has 6 nitrogen and oxygen atoms in total. The van der Waals surface area contributed by atoms with Crippen molar-refractivity contribution in [3.8, 4) is 0 Å². The molecule has 1 saturated heterocycles. The van der Waals surface area contributed by atoms with E-state index in [0.29, 0.717) is 12.1 Å². The lowest BCUT2D eigenvalue weighted by Gasteiger charge is -2.22. The fourth-order valence-corrected chi connectivity index (χ4v) is 4.05. The van der Waals surface area contributed by atoms with Gasteiger partial charge in [0.1, 0.15) is 6.54 Å². The number of carbonyl (C=O) groups excluding carboxylic acids is 1. The van der Waals surface area contributed by atoms with E-state index in [4.69, 9.17) is 0 Å². The molecule has 7 heteroatoms. The molecule has 1 aliphatic carbocycles. The molecule has 1 aromatic rings. The molecular weight excluding hydrogens is 477 g/mol. The zero-order valence-corrected chi connectivity index (χ0v) is 20.1. The summed E-state index contributed by atoms with van der Waals surface area (Å²) in [6.07, 6.45) is 7.00. The van der Waals surface area contributed by atoms with Crippen molar-refractivity contribution in [2.24, 2.45) is 4.99 Å². The van der Waals surface area contributed by atoms with E-state index in [1.165, 1.54) is 30.5 Å². The summed E-state index contributed by atoms with van der Waals surface area (Å²) in [7, 11) is 0. The van der Waals surface area contributed by atoms with E-state index in [-0.39, 0.29) is 36.4 Å². The van der Waals surface area contributed by atoms with Crippen molar-refractivity contribution < 1.29 is 4.79 Å². The average molecular weight is 513 g/mol. The molecule has 2 aliphatic rings. The van der Waals surface area contributed by atoms with E-state index < -0.39 is 0 Å². The first-order chi connectivity index (χ1) is 13.6. The summed E-state index contributed by atoms with van der Waals surface area (Å²) in [6.45, 7) is 7.10. The van der Waals surface area contributed by atoms with Gasteiger partial charge in [0.25, 0.3) is 0 Å². The van der Waals surface area contributed by atoms with Gasteiger partial charge in [-0.2, -0.15) is 0 Å². The van der Waals surface area contributed by atoms with E-state index >= 15 is 0 Å². The SMILES string of the molecule is CCNC(=NCC(=O)NC1CCCCC1)NC1CCN(c2ccc(C)cc2)C1.I. The van der Waals surface area contributed by atoms with Crippen molar-refractivity contribution in [3.63, 3.8) is 0 Å². The normalized spacial score (nSPS) is 20.1. The van der Waals surface area contributed by atoms with E-state index in [1.54, 1.807) is 0 Å². The van der Waals surface area contributed by atoms with Crippen LogP contribution in [0.5, 0.6) is 0 Å². The topological polar surface area (TPSA) is 68.8 Å². The van der Waals surface area contributed by atoms with Gasteiger partial charge in [0.15, 0.2) is 5.96 Å². The fourth-order valence-electron chi connectivity index (χ4n) is 4.05. The predicted molar refractivity (Wildman–Crippen MR) is 131 cm³/mol. The molecule has 1 atom stereocenters. The number of nitrogens with zero attached hydrogens (tertiary/aromatic N) is 2. The molecule has 1 unspecified atom stereocenters. The maximum absolute atomic E-state index is 12.2. The summed E-state index contributed by atoms with van der Waals surface area (Å²) in [6, 6.07) is 9.36. The lowest BCUT2D eigenvalue weighted by Crippen LogP contribution is -2.45. The van der Waals surface area contributed by atoms with E-state index in [0.717, 1.165) is 44.9 Å². The molecular formula is C22H36IN5O. The van der Waals surface area contributed by atoms with Crippen LogP contribution in [0.4, 0.5) is 5.69 Å². The number of anilines is 1. The maximum atomic E-state index is 12.2. The first-order valence-electron chi connectivity index (χ1n) is 10.8. The second-order valence-electron chi connectivity index (χ2n) is 8.01. The Hall–Kier alpha value is -1.51. The Bertz CT molecular complexity index is 658. The third kappa shape index (κ3) is 7.68. The van der Waals surface area contributed by atoms with Crippen LogP contribution in [0.3, 0.4) is 0 Å². The highest BCUT2D eigenvalue weighted by atomic mass is 127. The van der Waals surface area contributed by atoms with Gasteiger partial charge in [-0.15, -0.1) is 24.0 Å². The van der Waals surface area contributed by atoms with Crippen LogP contribution >= 0.6 is 24.0 Å². The number of aryl methyl sites for hydroxylation is 1. The highest BCUT2D eigenvalue weighted by molar-refractivity contribution is 14.0. The van der Waals surface area contributed by atoms with Crippen LogP contribution < -0.4 is 20.9 Å². The van der Waals surface area contributed by atoms with Gasteiger partial charge < -0.3 is 20.9 Å². The Balaban J connectivity index is 0.00000300. The number of aliphatic imine (C=N–C) groups is 1. The van der Waals surface area contributed by atoms with E-state index in [9.17, 15) is 4.79 Å². The zero-order valence-electron chi connectivity index (χ0n) is 17.7. The molecule has 3 rings (SSSR count). The van der Waals surface area contributed by atoms with Crippen LogP contribution in [0.2, 0.25) is 0 Å². The summed E-state index contributed by atoms with van der Waals surface area (Å²) in [5.41, 5.74) is 2.55. The molecule has 0 spiro atoms. The third-order valence-corrected chi connectivity index (χ3v) is 5.62. The quantitative estimate of drug-likeness (QED) is 0.311. The smallest absolute Gasteiger partial charge is 0.242 e. The van der Waals surface area contributed by atoms with Gasteiger partial charge in [-0.25, -0.2) is 4.99 Å². The molecule has 0 aromatic heterocycles. The highest BCUT2D eigenvalue weighted by Gasteiger charge is 2.23. The Morgan fingerprint density at radius 3 is 2.48 bits per heavy atom. The minimum atomic E-state index is 0. The molecule has 1 aromatic carbocycles. The molecule has 3 N–H and O–H groups in total. The lowest BCUT2D eigenvalue weighted by atomic mass is 9.95. The Labute approximate surface area is 192 Å². The van der Waals surface area contributed by atoms with E-state index in [2.05, 4.69) is 57.0 Å². The number of hydrogen-bond acceptors (Lipinski definition) is 3. The number of nitrogens with one attached hydrogen (secondary N) is 3. The van der Waals surface area contributed by atoms with Gasteiger partial charge in [0.05, 0.1) is 0 Å². The van der Waals surface area contributed by atoms with Gasteiger partial charge in [-0.3, -0.25) is 4.79 Å². The molecule has 1 heterocycles. The zero-order chi connectivity index (χ0) is 19.8. The highest BCUT2D eigenvalue weighted by Crippen LogP contribution is 2.20. The van der Waals surface area contributed by atoms with Crippen LogP contribution in [-0.4, -0.2) is 50.1 Å². The van der Waals surface area contributed by atoms with Crippen molar-refractivity contribution in [1.29, 1.82) is 0 Å².